The molecule has 2 aromatic carbocycles. The van der Waals surface area contributed by atoms with Crippen molar-refractivity contribution in [3.63, 3.8) is 0 Å². The van der Waals surface area contributed by atoms with Crippen LogP contribution >= 0.6 is 43.5 Å². The molecule has 5 heteroatoms. The van der Waals surface area contributed by atoms with Gasteiger partial charge in [-0.15, -0.1) is 0 Å². The van der Waals surface area contributed by atoms with Crippen LogP contribution in [0.5, 0.6) is 11.5 Å². The average molecular weight is 406 g/mol. The molecule has 0 saturated heterocycles. The first kappa shape index (κ1) is 14.9. The van der Waals surface area contributed by atoms with Gasteiger partial charge >= 0.3 is 0 Å². The molecule has 0 unspecified atom stereocenters. The van der Waals surface area contributed by atoms with Gasteiger partial charge in [-0.3, -0.25) is 0 Å². The van der Waals surface area contributed by atoms with E-state index in [9.17, 15) is 0 Å². The normalized spacial score (nSPS) is 10.5. The molecule has 0 aliphatic heterocycles. The molecular weight excluding hydrogens is 393 g/mol. The molecule has 0 aliphatic carbocycles. The quantitative estimate of drug-likeness (QED) is 0.738. The van der Waals surface area contributed by atoms with Crippen LogP contribution in [0.25, 0.3) is 0 Å². The third-order valence-electron chi connectivity index (χ3n) is 2.50. The first-order valence-electron chi connectivity index (χ1n) is 5.66. The van der Waals surface area contributed by atoms with Gasteiger partial charge in [0, 0.05) is 21.6 Å². The zero-order chi connectivity index (χ0) is 13.8. The van der Waals surface area contributed by atoms with Crippen molar-refractivity contribution >= 4 is 43.5 Å². The van der Waals surface area contributed by atoms with E-state index in [4.69, 9.17) is 16.3 Å². The Kier molecular flexibility index (Phi) is 5.28. The van der Waals surface area contributed by atoms with E-state index >= 15 is 0 Å². The van der Waals surface area contributed by atoms with Crippen molar-refractivity contribution in [2.75, 3.05) is 7.05 Å². The summed E-state index contributed by atoms with van der Waals surface area (Å²) in [5.41, 5.74) is 1.08. The Labute approximate surface area is 134 Å². The maximum absolute atomic E-state index is 5.94. The summed E-state index contributed by atoms with van der Waals surface area (Å²) in [5.74, 6) is 1.56. The van der Waals surface area contributed by atoms with E-state index in [1.54, 1.807) is 6.07 Å². The summed E-state index contributed by atoms with van der Waals surface area (Å²) in [4.78, 5) is 0. The Balaban J connectivity index is 2.32. The highest BCUT2D eigenvalue weighted by Gasteiger charge is 2.08. The molecule has 1 N–H and O–H groups in total. The fraction of sp³-hybridized carbons (Fsp3) is 0.143. The van der Waals surface area contributed by atoms with Crippen molar-refractivity contribution in [2.24, 2.45) is 0 Å². The number of benzene rings is 2. The molecule has 2 aromatic rings. The summed E-state index contributed by atoms with van der Waals surface area (Å²) in [7, 11) is 1.91. The van der Waals surface area contributed by atoms with E-state index < -0.39 is 0 Å². The van der Waals surface area contributed by atoms with Crippen LogP contribution in [0.3, 0.4) is 0 Å². The van der Waals surface area contributed by atoms with Gasteiger partial charge in [-0.2, -0.15) is 0 Å². The van der Waals surface area contributed by atoms with Crippen LogP contribution in [0.4, 0.5) is 0 Å². The molecule has 0 aromatic heterocycles. The first-order valence-corrected chi connectivity index (χ1v) is 7.62. The summed E-state index contributed by atoms with van der Waals surface area (Å²) in [6.07, 6.45) is 0. The Hall–Kier alpha value is -0.550. The lowest BCUT2D eigenvalue weighted by atomic mass is 10.2. The Bertz CT molecular complexity index is 590. The van der Waals surface area contributed by atoms with Gasteiger partial charge in [0.25, 0.3) is 0 Å². The minimum Gasteiger partial charge on any atom is -0.456 e. The summed E-state index contributed by atoms with van der Waals surface area (Å²) >= 11 is 12.8. The van der Waals surface area contributed by atoms with E-state index in [0.29, 0.717) is 5.02 Å². The van der Waals surface area contributed by atoms with Gasteiger partial charge < -0.3 is 10.1 Å². The van der Waals surface area contributed by atoms with Crippen molar-refractivity contribution in [3.8, 4) is 11.5 Å². The predicted octanol–water partition coefficient (Wildman–Crippen LogP) is 5.38. The van der Waals surface area contributed by atoms with Gasteiger partial charge in [0.05, 0.1) is 4.47 Å². The lowest BCUT2D eigenvalue weighted by Crippen LogP contribution is -2.06. The first-order chi connectivity index (χ1) is 9.10. The molecule has 0 amide bonds. The number of nitrogens with one attached hydrogen (secondary N) is 1. The third-order valence-corrected chi connectivity index (χ3v) is 3.85. The second-order valence-corrected chi connectivity index (χ2v) is 6.17. The van der Waals surface area contributed by atoms with E-state index in [0.717, 1.165) is 32.6 Å². The van der Waals surface area contributed by atoms with E-state index in [-0.39, 0.29) is 0 Å². The fourth-order valence-corrected chi connectivity index (χ4v) is 2.82. The number of halogens is 3. The van der Waals surface area contributed by atoms with E-state index in [2.05, 4.69) is 37.2 Å². The molecule has 0 heterocycles. The second kappa shape index (κ2) is 6.75. The SMILES string of the molecule is CNCc1cc(Br)ccc1Oc1ccc(Cl)cc1Br. The smallest absolute Gasteiger partial charge is 0.141 e. The van der Waals surface area contributed by atoms with Gasteiger partial charge in [0.2, 0.25) is 0 Å². The minimum absolute atomic E-state index is 0.672. The molecule has 0 fully saturated rings. The van der Waals surface area contributed by atoms with Gasteiger partial charge in [-0.25, -0.2) is 0 Å². The van der Waals surface area contributed by atoms with Gasteiger partial charge in [-0.05, 0) is 59.4 Å². The van der Waals surface area contributed by atoms with Crippen LogP contribution in [0, 0.1) is 0 Å². The lowest BCUT2D eigenvalue weighted by Gasteiger charge is -2.13. The zero-order valence-electron chi connectivity index (χ0n) is 10.2. The number of rotatable bonds is 4. The maximum atomic E-state index is 5.94. The van der Waals surface area contributed by atoms with Crippen molar-refractivity contribution < 1.29 is 4.74 Å². The number of hydrogen-bond donors (Lipinski definition) is 1. The van der Waals surface area contributed by atoms with Crippen molar-refractivity contribution in [1.82, 2.24) is 5.32 Å². The van der Waals surface area contributed by atoms with Crippen LogP contribution in [-0.2, 0) is 6.54 Å². The monoisotopic (exact) mass is 403 g/mol. The maximum Gasteiger partial charge on any atom is 0.141 e. The second-order valence-electron chi connectivity index (χ2n) is 3.96. The van der Waals surface area contributed by atoms with Gasteiger partial charge in [0.1, 0.15) is 11.5 Å². The highest BCUT2D eigenvalue weighted by molar-refractivity contribution is 9.10. The van der Waals surface area contributed by atoms with Crippen molar-refractivity contribution in [3.05, 3.63) is 55.9 Å². The van der Waals surface area contributed by atoms with E-state index in [1.165, 1.54) is 0 Å². The fourth-order valence-electron chi connectivity index (χ4n) is 1.65. The minimum atomic E-state index is 0.672. The van der Waals surface area contributed by atoms with Gasteiger partial charge in [0.15, 0.2) is 0 Å². The van der Waals surface area contributed by atoms with E-state index in [1.807, 2.05) is 37.4 Å². The molecule has 0 spiro atoms. The van der Waals surface area contributed by atoms with Crippen molar-refractivity contribution in [2.45, 2.75) is 6.54 Å². The molecule has 0 aliphatic rings. The Morgan fingerprint density at radius 2 is 1.84 bits per heavy atom. The molecule has 19 heavy (non-hydrogen) atoms. The largest absolute Gasteiger partial charge is 0.456 e. The van der Waals surface area contributed by atoms with Crippen LogP contribution < -0.4 is 10.1 Å². The van der Waals surface area contributed by atoms with Crippen LogP contribution in [0.1, 0.15) is 5.56 Å². The standard InChI is InChI=1S/C14H12Br2ClNO/c1-18-8-9-6-10(15)2-4-13(9)19-14-5-3-11(17)7-12(14)16/h2-7,18H,8H2,1H3. The molecule has 0 saturated carbocycles. The summed E-state index contributed by atoms with van der Waals surface area (Å²) < 4.78 is 7.80. The molecule has 2 rings (SSSR count). The number of hydrogen-bond acceptors (Lipinski definition) is 2. The van der Waals surface area contributed by atoms with Crippen molar-refractivity contribution in [1.29, 1.82) is 0 Å². The Morgan fingerprint density at radius 3 is 2.53 bits per heavy atom. The summed E-state index contributed by atoms with van der Waals surface area (Å²) in [6, 6.07) is 11.4. The lowest BCUT2D eigenvalue weighted by molar-refractivity contribution is 0.471. The van der Waals surface area contributed by atoms with Crippen LogP contribution in [0.15, 0.2) is 45.3 Å². The highest BCUT2D eigenvalue weighted by atomic mass is 79.9. The van der Waals surface area contributed by atoms with Gasteiger partial charge in [-0.1, -0.05) is 27.5 Å². The highest BCUT2D eigenvalue weighted by Crippen LogP contribution is 2.34. The third kappa shape index (κ3) is 3.96. The zero-order valence-corrected chi connectivity index (χ0v) is 14.1. The molecule has 100 valence electrons. The molecule has 0 atom stereocenters. The molecule has 0 bridgehead atoms. The summed E-state index contributed by atoms with van der Waals surface area (Å²) in [6.45, 7) is 0.736. The van der Waals surface area contributed by atoms with Crippen LogP contribution in [-0.4, -0.2) is 7.05 Å². The number of ether oxygens (including phenoxy) is 1. The summed E-state index contributed by atoms with van der Waals surface area (Å²) in [5, 5.41) is 3.80. The Morgan fingerprint density at radius 1 is 1.11 bits per heavy atom. The van der Waals surface area contributed by atoms with Crippen LogP contribution in [0.2, 0.25) is 5.02 Å². The predicted molar refractivity (Wildman–Crippen MR) is 86.1 cm³/mol. The molecule has 2 nitrogen and oxygen atoms in total. The average Bonchev–Trinajstić information content (AvgIpc) is 2.36. The molecule has 0 radical (unpaired) electrons. The molecular formula is C14H12Br2ClNO. The topological polar surface area (TPSA) is 21.3 Å².